The van der Waals surface area contributed by atoms with Crippen molar-refractivity contribution in [2.45, 2.75) is 12.5 Å². The van der Waals surface area contributed by atoms with Crippen molar-refractivity contribution in [2.24, 2.45) is 0 Å². The Morgan fingerprint density at radius 3 is 2.70 bits per heavy atom. The number of ether oxygens (including phenoxy) is 2. The molecule has 0 aliphatic heterocycles. The second-order valence-corrected chi connectivity index (χ2v) is 4.61. The number of hydrogen-bond acceptors (Lipinski definition) is 6. The number of carbonyl (C=O) groups excluding carboxylic acids is 1. The van der Waals surface area contributed by atoms with Gasteiger partial charge in [0.15, 0.2) is 0 Å². The predicted molar refractivity (Wildman–Crippen MR) is 73.1 cm³/mol. The minimum absolute atomic E-state index is 0.0791. The number of carbonyl (C=O) groups is 1. The van der Waals surface area contributed by atoms with Crippen LogP contribution in [0.5, 0.6) is 5.75 Å². The van der Waals surface area contributed by atoms with Crippen LogP contribution in [0, 0.1) is 10.1 Å². The smallest absolute Gasteiger partial charge is 0.329 e. The van der Waals surface area contributed by atoms with Crippen LogP contribution in [0.3, 0.4) is 0 Å². The predicted octanol–water partition coefficient (Wildman–Crippen LogP) is 1.78. The number of likely N-dealkylation sites (N-methyl/N-ethyl adjacent to an activating group) is 1. The van der Waals surface area contributed by atoms with Gasteiger partial charge in [0.1, 0.15) is 12.1 Å². The quantitative estimate of drug-likeness (QED) is 0.489. The Balaban J connectivity index is 3.00. The summed E-state index contributed by atoms with van der Waals surface area (Å²) in [6, 6.07) is 4.19. The Labute approximate surface area is 121 Å². The molecular weight excluding hydrogens is 288 g/mol. The summed E-state index contributed by atoms with van der Waals surface area (Å²) in [4.78, 5) is 22.0. The van der Waals surface area contributed by atoms with E-state index in [1.54, 1.807) is 14.0 Å². The molecule has 0 amide bonds. The number of hydrogen-bond donors (Lipinski definition) is 1. The first-order valence-electron chi connectivity index (χ1n) is 5.68. The summed E-state index contributed by atoms with van der Waals surface area (Å²) < 4.78 is 10.0. The molecule has 1 atom stereocenters. The molecular formula is C12H15ClN2O5. The third-order valence-electron chi connectivity index (χ3n) is 2.84. The fourth-order valence-corrected chi connectivity index (χ4v) is 1.68. The van der Waals surface area contributed by atoms with Crippen LogP contribution in [-0.4, -0.2) is 37.2 Å². The Morgan fingerprint density at radius 2 is 2.20 bits per heavy atom. The molecule has 0 aliphatic carbocycles. The zero-order valence-electron chi connectivity index (χ0n) is 11.3. The monoisotopic (exact) mass is 302 g/mol. The number of para-hydroxylation sites is 1. The average molecular weight is 303 g/mol. The highest BCUT2D eigenvalue weighted by Crippen LogP contribution is 2.34. The number of methoxy groups -OCH3 is 1. The van der Waals surface area contributed by atoms with Crippen LogP contribution in [0.4, 0.5) is 5.69 Å². The molecule has 1 unspecified atom stereocenters. The highest BCUT2D eigenvalue weighted by Gasteiger charge is 2.34. The van der Waals surface area contributed by atoms with E-state index in [1.165, 1.54) is 25.3 Å². The summed E-state index contributed by atoms with van der Waals surface area (Å²) in [7, 11) is 2.80. The van der Waals surface area contributed by atoms with E-state index in [1.807, 2.05) is 0 Å². The van der Waals surface area contributed by atoms with Gasteiger partial charge in [-0.1, -0.05) is 17.7 Å². The molecule has 0 heterocycles. The minimum atomic E-state index is -1.14. The molecule has 0 spiro atoms. The molecule has 110 valence electrons. The fraction of sp³-hybridized carbons (Fsp3) is 0.417. The summed E-state index contributed by atoms with van der Waals surface area (Å²) in [5.41, 5.74) is -1.40. The van der Waals surface area contributed by atoms with Gasteiger partial charge in [-0.2, -0.15) is 0 Å². The first-order valence-corrected chi connectivity index (χ1v) is 6.06. The van der Waals surface area contributed by atoms with Gasteiger partial charge in [0.2, 0.25) is 5.75 Å². The van der Waals surface area contributed by atoms with Gasteiger partial charge in [0, 0.05) is 6.07 Å². The van der Waals surface area contributed by atoms with Crippen molar-refractivity contribution in [2.75, 3.05) is 20.8 Å². The molecule has 0 fully saturated rings. The molecule has 0 bridgehead atoms. The zero-order chi connectivity index (χ0) is 15.3. The summed E-state index contributed by atoms with van der Waals surface area (Å²) in [6.07, 6.45) is 0. The number of rotatable bonds is 6. The van der Waals surface area contributed by atoms with Crippen LogP contribution in [0.15, 0.2) is 18.2 Å². The van der Waals surface area contributed by atoms with Crippen molar-refractivity contribution >= 4 is 23.3 Å². The topological polar surface area (TPSA) is 90.7 Å². The molecule has 8 heteroatoms. The lowest BCUT2D eigenvalue weighted by Gasteiger charge is -2.26. The first-order chi connectivity index (χ1) is 9.35. The van der Waals surface area contributed by atoms with Gasteiger partial charge < -0.3 is 14.8 Å². The van der Waals surface area contributed by atoms with Crippen molar-refractivity contribution in [3.63, 3.8) is 0 Å². The average Bonchev–Trinajstić information content (AvgIpc) is 2.44. The van der Waals surface area contributed by atoms with Gasteiger partial charge in [-0.25, -0.2) is 4.79 Å². The number of halogens is 1. The number of nitro groups is 1. The largest absolute Gasteiger partial charge is 0.483 e. The number of nitrogens with zero attached hydrogens (tertiary/aromatic N) is 1. The normalized spacial score (nSPS) is 13.4. The summed E-state index contributed by atoms with van der Waals surface area (Å²) in [6.45, 7) is 1.39. The third kappa shape index (κ3) is 3.37. The summed E-state index contributed by atoms with van der Waals surface area (Å²) in [5.74, 6) is -0.626. The standard InChI is InChI=1S/C12H15ClN2O5/c1-12(14-2,11(16)19-3)7-20-10-8(13)5-4-6-9(10)15(17)18/h4-6,14H,7H2,1-3H3. The Kier molecular flexibility index (Phi) is 5.29. The number of nitrogens with one attached hydrogen (secondary N) is 1. The Hall–Kier alpha value is -1.86. The van der Waals surface area contributed by atoms with Gasteiger partial charge in [0.25, 0.3) is 0 Å². The molecule has 1 aromatic carbocycles. The molecule has 7 nitrogen and oxygen atoms in total. The molecule has 0 saturated heterocycles. The maximum absolute atomic E-state index is 11.7. The lowest BCUT2D eigenvalue weighted by atomic mass is 10.1. The van der Waals surface area contributed by atoms with Crippen LogP contribution >= 0.6 is 11.6 Å². The molecule has 0 aromatic heterocycles. The van der Waals surface area contributed by atoms with Gasteiger partial charge in [0.05, 0.1) is 17.1 Å². The SMILES string of the molecule is CNC(C)(COc1c(Cl)cccc1[N+](=O)[O-])C(=O)OC. The van der Waals surface area contributed by atoms with Gasteiger partial charge in [-0.05, 0) is 20.0 Å². The van der Waals surface area contributed by atoms with Gasteiger partial charge in [-0.3, -0.25) is 10.1 Å². The lowest BCUT2D eigenvalue weighted by Crippen LogP contribution is -2.52. The minimum Gasteiger partial charge on any atom is -0.483 e. The molecule has 0 aliphatic rings. The molecule has 1 N–H and O–H groups in total. The second-order valence-electron chi connectivity index (χ2n) is 4.21. The van der Waals surface area contributed by atoms with Crippen molar-refractivity contribution in [3.8, 4) is 5.75 Å². The Morgan fingerprint density at radius 1 is 1.55 bits per heavy atom. The van der Waals surface area contributed by atoms with E-state index in [0.29, 0.717) is 0 Å². The second kappa shape index (κ2) is 6.53. The first kappa shape index (κ1) is 16.2. The van der Waals surface area contributed by atoms with Crippen LogP contribution in [-0.2, 0) is 9.53 Å². The maximum Gasteiger partial charge on any atom is 0.329 e. The van der Waals surface area contributed by atoms with Gasteiger partial charge in [-0.15, -0.1) is 0 Å². The van der Waals surface area contributed by atoms with Gasteiger partial charge >= 0.3 is 11.7 Å². The van der Waals surface area contributed by atoms with E-state index in [2.05, 4.69) is 10.1 Å². The fourth-order valence-electron chi connectivity index (χ4n) is 1.46. The molecule has 0 saturated carbocycles. The van der Waals surface area contributed by atoms with Crippen LogP contribution < -0.4 is 10.1 Å². The van der Waals surface area contributed by atoms with Crippen molar-refractivity contribution in [1.29, 1.82) is 0 Å². The molecule has 1 aromatic rings. The number of esters is 1. The lowest BCUT2D eigenvalue weighted by molar-refractivity contribution is -0.385. The van der Waals surface area contributed by atoms with Crippen molar-refractivity contribution in [1.82, 2.24) is 5.32 Å². The molecule has 20 heavy (non-hydrogen) atoms. The van der Waals surface area contributed by atoms with Crippen molar-refractivity contribution in [3.05, 3.63) is 33.3 Å². The summed E-state index contributed by atoms with van der Waals surface area (Å²) in [5, 5.41) is 13.8. The van der Waals surface area contributed by atoms with E-state index in [-0.39, 0.29) is 23.1 Å². The molecule has 0 radical (unpaired) electrons. The van der Waals surface area contributed by atoms with Crippen molar-refractivity contribution < 1.29 is 19.2 Å². The highest BCUT2D eigenvalue weighted by molar-refractivity contribution is 6.32. The molecule has 1 rings (SSSR count). The third-order valence-corrected chi connectivity index (χ3v) is 3.13. The van der Waals surface area contributed by atoms with Crippen LogP contribution in [0.25, 0.3) is 0 Å². The van der Waals surface area contributed by atoms with Crippen LogP contribution in [0.2, 0.25) is 5.02 Å². The van der Waals surface area contributed by atoms with Crippen LogP contribution in [0.1, 0.15) is 6.92 Å². The number of benzene rings is 1. The van der Waals surface area contributed by atoms with E-state index in [9.17, 15) is 14.9 Å². The highest BCUT2D eigenvalue weighted by atomic mass is 35.5. The zero-order valence-corrected chi connectivity index (χ0v) is 12.1. The van der Waals surface area contributed by atoms with E-state index < -0.39 is 16.4 Å². The number of nitro benzene ring substituents is 1. The summed E-state index contributed by atoms with van der Waals surface area (Å²) >= 11 is 5.89. The maximum atomic E-state index is 11.7. The Bertz CT molecular complexity index is 523. The van der Waals surface area contributed by atoms with E-state index in [0.717, 1.165) is 0 Å². The van der Waals surface area contributed by atoms with E-state index >= 15 is 0 Å². The van der Waals surface area contributed by atoms with E-state index in [4.69, 9.17) is 16.3 Å².